The molecule has 54 valence electrons. The number of unbranched alkanes of at least 4 members (excludes halogenated alkanes) is 1. The molecule has 0 aliphatic heterocycles. The van der Waals surface area contributed by atoms with Gasteiger partial charge in [0.1, 0.15) is 0 Å². The molecule has 2 nitrogen and oxygen atoms in total. The van der Waals surface area contributed by atoms with Crippen molar-refractivity contribution in [2.45, 2.75) is 19.8 Å². The van der Waals surface area contributed by atoms with Gasteiger partial charge in [-0.1, -0.05) is 13.3 Å². The standard InChI is InChI=1S/C7H16N2/c1-3-4-5-9-7-6-8-2/h6,9H,3-5,7H2,1-2H3. The van der Waals surface area contributed by atoms with Gasteiger partial charge in [0.25, 0.3) is 0 Å². The molecule has 0 amide bonds. The van der Waals surface area contributed by atoms with Crippen molar-refractivity contribution < 1.29 is 0 Å². The largest absolute Gasteiger partial charge is 0.312 e. The third-order valence-corrected chi connectivity index (χ3v) is 1.13. The normalized spacial score (nSPS) is 10.9. The number of nitrogens with one attached hydrogen (secondary N) is 1. The second-order valence-electron chi connectivity index (χ2n) is 2.00. The number of nitrogens with zero attached hydrogens (tertiary/aromatic N) is 1. The maximum atomic E-state index is 3.85. The van der Waals surface area contributed by atoms with Gasteiger partial charge in [0.2, 0.25) is 0 Å². The molecule has 0 atom stereocenters. The first kappa shape index (κ1) is 8.63. The van der Waals surface area contributed by atoms with E-state index in [1.807, 2.05) is 6.21 Å². The van der Waals surface area contributed by atoms with Gasteiger partial charge in [-0.3, -0.25) is 4.99 Å². The lowest BCUT2D eigenvalue weighted by Crippen LogP contribution is -2.17. The lowest BCUT2D eigenvalue weighted by atomic mass is 10.3. The molecule has 0 aromatic carbocycles. The van der Waals surface area contributed by atoms with Gasteiger partial charge in [-0.15, -0.1) is 0 Å². The van der Waals surface area contributed by atoms with Gasteiger partial charge >= 0.3 is 0 Å². The van der Waals surface area contributed by atoms with Crippen LogP contribution in [0.25, 0.3) is 0 Å². The summed E-state index contributed by atoms with van der Waals surface area (Å²) in [5.74, 6) is 0. The zero-order chi connectivity index (χ0) is 6.95. The summed E-state index contributed by atoms with van der Waals surface area (Å²) < 4.78 is 0. The van der Waals surface area contributed by atoms with Crippen LogP contribution in [0.4, 0.5) is 0 Å². The molecule has 0 aromatic heterocycles. The molecule has 0 fully saturated rings. The van der Waals surface area contributed by atoms with Gasteiger partial charge in [0, 0.05) is 19.8 Å². The number of rotatable bonds is 5. The van der Waals surface area contributed by atoms with Crippen LogP contribution in [0.1, 0.15) is 19.8 Å². The van der Waals surface area contributed by atoms with E-state index in [9.17, 15) is 0 Å². The molecule has 9 heavy (non-hydrogen) atoms. The van der Waals surface area contributed by atoms with Gasteiger partial charge in [0.05, 0.1) is 0 Å². The maximum absolute atomic E-state index is 3.85. The predicted molar refractivity (Wildman–Crippen MR) is 42.2 cm³/mol. The van der Waals surface area contributed by atoms with Crippen LogP contribution in [0.5, 0.6) is 0 Å². The minimum absolute atomic E-state index is 0.913. The fourth-order valence-electron chi connectivity index (χ4n) is 0.560. The van der Waals surface area contributed by atoms with E-state index in [2.05, 4.69) is 17.2 Å². The van der Waals surface area contributed by atoms with Gasteiger partial charge in [0.15, 0.2) is 0 Å². The van der Waals surface area contributed by atoms with E-state index in [-0.39, 0.29) is 0 Å². The topological polar surface area (TPSA) is 24.4 Å². The van der Waals surface area contributed by atoms with Crippen molar-refractivity contribution in [1.82, 2.24) is 5.32 Å². The van der Waals surface area contributed by atoms with Crippen LogP contribution >= 0.6 is 0 Å². The Kier molecular flexibility index (Phi) is 7.32. The highest BCUT2D eigenvalue weighted by Crippen LogP contribution is 1.80. The summed E-state index contributed by atoms with van der Waals surface area (Å²) in [6.07, 6.45) is 4.41. The van der Waals surface area contributed by atoms with E-state index in [4.69, 9.17) is 0 Å². The quantitative estimate of drug-likeness (QED) is 0.435. The first-order chi connectivity index (χ1) is 4.41. The lowest BCUT2D eigenvalue weighted by Gasteiger charge is -1.96. The smallest absolute Gasteiger partial charge is 0.0304 e. The van der Waals surface area contributed by atoms with E-state index >= 15 is 0 Å². The second kappa shape index (κ2) is 7.63. The Morgan fingerprint density at radius 3 is 2.89 bits per heavy atom. The average molecular weight is 128 g/mol. The molecule has 1 N–H and O–H groups in total. The fourth-order valence-corrected chi connectivity index (χ4v) is 0.560. The van der Waals surface area contributed by atoms with Gasteiger partial charge in [-0.05, 0) is 13.0 Å². The summed E-state index contributed by atoms with van der Waals surface area (Å²) >= 11 is 0. The summed E-state index contributed by atoms with van der Waals surface area (Å²) in [7, 11) is 1.79. The summed E-state index contributed by atoms with van der Waals surface area (Å²) in [5.41, 5.74) is 0. The van der Waals surface area contributed by atoms with Crippen LogP contribution in [0.2, 0.25) is 0 Å². The van der Waals surface area contributed by atoms with Gasteiger partial charge < -0.3 is 5.32 Å². The molecule has 0 unspecified atom stereocenters. The summed E-state index contributed by atoms with van der Waals surface area (Å²) in [4.78, 5) is 3.85. The average Bonchev–Trinajstić information content (AvgIpc) is 1.89. The molecule has 0 heterocycles. The van der Waals surface area contributed by atoms with Crippen molar-refractivity contribution in [2.24, 2.45) is 4.99 Å². The van der Waals surface area contributed by atoms with Gasteiger partial charge in [-0.2, -0.15) is 0 Å². The van der Waals surface area contributed by atoms with Crippen molar-refractivity contribution in [1.29, 1.82) is 0 Å². The van der Waals surface area contributed by atoms with E-state index in [1.165, 1.54) is 12.8 Å². The van der Waals surface area contributed by atoms with Crippen molar-refractivity contribution in [3.05, 3.63) is 0 Å². The molecule has 0 radical (unpaired) electrons. The molecular formula is C7H16N2. The molecule has 0 spiro atoms. The number of hydrogen-bond donors (Lipinski definition) is 1. The van der Waals surface area contributed by atoms with Crippen molar-refractivity contribution in [3.8, 4) is 0 Å². The summed E-state index contributed by atoms with van der Waals surface area (Å²) in [5, 5.41) is 3.24. The Morgan fingerprint density at radius 1 is 1.56 bits per heavy atom. The van der Waals surface area contributed by atoms with E-state index < -0.39 is 0 Å². The van der Waals surface area contributed by atoms with Crippen molar-refractivity contribution in [2.75, 3.05) is 20.1 Å². The number of aliphatic imine (C=N–C) groups is 1. The fraction of sp³-hybridized carbons (Fsp3) is 0.857. The predicted octanol–water partition coefficient (Wildman–Crippen LogP) is 1.08. The molecule has 0 saturated carbocycles. The van der Waals surface area contributed by atoms with Crippen LogP contribution in [0.3, 0.4) is 0 Å². The van der Waals surface area contributed by atoms with E-state index in [1.54, 1.807) is 7.05 Å². The highest BCUT2D eigenvalue weighted by atomic mass is 14.9. The molecule has 0 aliphatic rings. The Labute approximate surface area is 57.4 Å². The first-order valence-corrected chi connectivity index (χ1v) is 3.53. The monoisotopic (exact) mass is 128 g/mol. The van der Waals surface area contributed by atoms with E-state index in [0.29, 0.717) is 0 Å². The second-order valence-corrected chi connectivity index (χ2v) is 2.00. The third-order valence-electron chi connectivity index (χ3n) is 1.13. The Balaban J connectivity index is 2.75. The maximum Gasteiger partial charge on any atom is 0.0304 e. The minimum atomic E-state index is 0.913. The molecule has 0 aliphatic carbocycles. The molecule has 2 heteroatoms. The molecule has 0 bridgehead atoms. The van der Waals surface area contributed by atoms with Crippen LogP contribution in [0.15, 0.2) is 4.99 Å². The molecular weight excluding hydrogens is 112 g/mol. The third kappa shape index (κ3) is 7.63. The van der Waals surface area contributed by atoms with Crippen molar-refractivity contribution in [3.63, 3.8) is 0 Å². The molecule has 0 saturated heterocycles. The SMILES string of the molecule is CCCCNCC=NC. The Hall–Kier alpha value is -0.370. The minimum Gasteiger partial charge on any atom is -0.312 e. The Morgan fingerprint density at radius 2 is 2.33 bits per heavy atom. The first-order valence-electron chi connectivity index (χ1n) is 3.53. The Bertz CT molecular complexity index is 69.3. The zero-order valence-corrected chi connectivity index (χ0v) is 6.35. The van der Waals surface area contributed by atoms with E-state index in [0.717, 1.165) is 13.1 Å². The highest BCUT2D eigenvalue weighted by molar-refractivity contribution is 5.59. The lowest BCUT2D eigenvalue weighted by molar-refractivity contribution is 0.693. The summed E-state index contributed by atoms with van der Waals surface area (Å²) in [6.45, 7) is 4.22. The molecule has 0 aromatic rings. The molecule has 0 rings (SSSR count). The number of hydrogen-bond acceptors (Lipinski definition) is 2. The van der Waals surface area contributed by atoms with Crippen LogP contribution in [-0.4, -0.2) is 26.4 Å². The summed E-state index contributed by atoms with van der Waals surface area (Å²) in [6, 6.07) is 0. The van der Waals surface area contributed by atoms with Crippen molar-refractivity contribution >= 4 is 6.21 Å². The van der Waals surface area contributed by atoms with Crippen LogP contribution < -0.4 is 5.32 Å². The zero-order valence-electron chi connectivity index (χ0n) is 6.35. The highest BCUT2D eigenvalue weighted by Gasteiger charge is 1.79. The van der Waals surface area contributed by atoms with Gasteiger partial charge in [-0.25, -0.2) is 0 Å². The van der Waals surface area contributed by atoms with Crippen LogP contribution in [0, 0.1) is 0 Å². The van der Waals surface area contributed by atoms with Crippen LogP contribution in [-0.2, 0) is 0 Å².